The summed E-state index contributed by atoms with van der Waals surface area (Å²) in [7, 11) is -4.01. The van der Waals surface area contributed by atoms with Crippen LogP contribution in [0, 0.1) is 0 Å². The molecule has 0 radical (unpaired) electrons. The lowest BCUT2D eigenvalue weighted by Crippen LogP contribution is -2.23. The number of guanidine groups is 1. The zero-order valence-electron chi connectivity index (χ0n) is 16.8. The number of aromatic nitrogens is 1. The first-order chi connectivity index (χ1) is 15.4. The minimum Gasteiger partial charge on any atom is -0.478 e. The number of hydrogen-bond donors (Lipinski definition) is 3. The van der Waals surface area contributed by atoms with Crippen molar-refractivity contribution in [2.75, 3.05) is 5.32 Å². The van der Waals surface area contributed by atoms with E-state index in [0.717, 1.165) is 15.7 Å². The summed E-state index contributed by atoms with van der Waals surface area (Å²) in [5, 5.41) is 12.9. The molecule has 0 saturated carbocycles. The quantitative estimate of drug-likeness (QED) is 0.306. The van der Waals surface area contributed by atoms with Crippen molar-refractivity contribution < 1.29 is 18.3 Å². The molecule has 32 heavy (non-hydrogen) atoms. The van der Waals surface area contributed by atoms with Crippen LogP contribution in [0.4, 0.5) is 5.69 Å². The van der Waals surface area contributed by atoms with Gasteiger partial charge in [-0.25, -0.2) is 22.2 Å². The van der Waals surface area contributed by atoms with E-state index in [4.69, 9.17) is 5.73 Å². The van der Waals surface area contributed by atoms with E-state index >= 15 is 0 Å². The zero-order chi connectivity index (χ0) is 22.7. The fraction of sp³-hybridized carbons (Fsp3) is 0.0435. The highest BCUT2D eigenvalue weighted by atomic mass is 32.2. The SMILES string of the molecule is NC(=NCc1ccccc1)Nc1cccc2c1c(C(=O)O)cn2S(=O)(=O)c1ccccc1. The Morgan fingerprint density at radius 1 is 0.969 bits per heavy atom. The fourth-order valence-corrected chi connectivity index (χ4v) is 4.75. The molecule has 9 heteroatoms. The number of nitrogens with two attached hydrogens (primary N) is 1. The molecule has 0 atom stereocenters. The van der Waals surface area contributed by atoms with Gasteiger partial charge in [0.1, 0.15) is 0 Å². The summed E-state index contributed by atoms with van der Waals surface area (Å²) in [6, 6.07) is 22.1. The second-order valence-corrected chi connectivity index (χ2v) is 8.79. The molecule has 4 N–H and O–H groups in total. The number of nitrogens with zero attached hydrogens (tertiary/aromatic N) is 2. The van der Waals surface area contributed by atoms with Gasteiger partial charge >= 0.3 is 5.97 Å². The summed E-state index contributed by atoms with van der Waals surface area (Å²) in [5.74, 6) is -1.18. The third-order valence-corrected chi connectivity index (χ3v) is 6.55. The van der Waals surface area contributed by atoms with Crippen molar-refractivity contribution in [3.8, 4) is 0 Å². The Morgan fingerprint density at radius 3 is 2.28 bits per heavy atom. The van der Waals surface area contributed by atoms with Crippen molar-refractivity contribution >= 4 is 38.5 Å². The summed E-state index contributed by atoms with van der Waals surface area (Å²) in [6.07, 6.45) is 1.11. The molecular weight excluding hydrogens is 428 g/mol. The van der Waals surface area contributed by atoms with Gasteiger partial charge < -0.3 is 16.2 Å². The molecule has 0 spiro atoms. The molecule has 8 nitrogen and oxygen atoms in total. The maximum atomic E-state index is 13.2. The van der Waals surface area contributed by atoms with E-state index in [1.165, 1.54) is 12.1 Å². The highest BCUT2D eigenvalue weighted by molar-refractivity contribution is 7.90. The Kier molecular flexibility index (Phi) is 5.65. The Bertz CT molecular complexity index is 1410. The first-order valence-electron chi connectivity index (χ1n) is 9.67. The smallest absolute Gasteiger partial charge is 0.337 e. The molecule has 0 bridgehead atoms. The van der Waals surface area contributed by atoms with Gasteiger partial charge in [0.15, 0.2) is 5.96 Å². The third-order valence-electron chi connectivity index (χ3n) is 4.86. The number of nitrogens with one attached hydrogen (secondary N) is 1. The first-order valence-corrected chi connectivity index (χ1v) is 11.1. The van der Waals surface area contributed by atoms with E-state index in [0.29, 0.717) is 12.2 Å². The molecule has 4 aromatic rings. The molecule has 0 aliphatic rings. The first kappa shape index (κ1) is 21.1. The van der Waals surface area contributed by atoms with Gasteiger partial charge in [0.2, 0.25) is 0 Å². The number of hydrogen-bond acceptors (Lipinski definition) is 4. The molecule has 4 rings (SSSR count). The number of rotatable bonds is 6. The van der Waals surface area contributed by atoms with Crippen LogP contribution >= 0.6 is 0 Å². The number of fused-ring (bicyclic) bond motifs is 1. The van der Waals surface area contributed by atoms with E-state index in [2.05, 4.69) is 10.3 Å². The number of carboxylic acid groups (broad SMARTS) is 1. The second-order valence-electron chi connectivity index (χ2n) is 6.97. The molecule has 0 saturated heterocycles. The number of aliphatic imine (C=N–C) groups is 1. The number of carboxylic acids is 1. The van der Waals surface area contributed by atoms with Crippen molar-refractivity contribution in [3.05, 3.63) is 96.2 Å². The average molecular weight is 449 g/mol. The minimum absolute atomic E-state index is 0.0520. The summed E-state index contributed by atoms with van der Waals surface area (Å²) < 4.78 is 27.3. The van der Waals surface area contributed by atoms with Crippen LogP contribution in [0.5, 0.6) is 0 Å². The molecular formula is C23H20N4O4S. The molecule has 0 aliphatic heterocycles. The summed E-state index contributed by atoms with van der Waals surface area (Å²) in [6.45, 7) is 0.338. The van der Waals surface area contributed by atoms with Crippen LogP contribution < -0.4 is 11.1 Å². The summed E-state index contributed by atoms with van der Waals surface area (Å²) in [4.78, 5) is 16.3. The van der Waals surface area contributed by atoms with E-state index in [-0.39, 0.29) is 27.3 Å². The van der Waals surface area contributed by atoms with Crippen LogP contribution in [-0.2, 0) is 16.6 Å². The van der Waals surface area contributed by atoms with Gasteiger partial charge in [-0.1, -0.05) is 54.6 Å². The van der Waals surface area contributed by atoms with Crippen molar-refractivity contribution in [3.63, 3.8) is 0 Å². The summed E-state index contributed by atoms with van der Waals surface area (Å²) >= 11 is 0. The van der Waals surface area contributed by atoms with Crippen molar-refractivity contribution in [1.82, 2.24) is 3.97 Å². The van der Waals surface area contributed by atoms with Crippen LogP contribution in [0.2, 0.25) is 0 Å². The largest absolute Gasteiger partial charge is 0.478 e. The van der Waals surface area contributed by atoms with Crippen LogP contribution in [-0.4, -0.2) is 29.4 Å². The molecule has 162 valence electrons. The number of carbonyl (C=O) groups is 1. The van der Waals surface area contributed by atoms with Gasteiger partial charge in [-0.3, -0.25) is 0 Å². The Labute approximate surface area is 184 Å². The molecule has 0 amide bonds. The van der Waals surface area contributed by atoms with Gasteiger partial charge in [0.05, 0.1) is 28.2 Å². The van der Waals surface area contributed by atoms with Gasteiger partial charge in [-0.05, 0) is 29.8 Å². The maximum absolute atomic E-state index is 13.2. The third kappa shape index (κ3) is 4.06. The highest BCUT2D eigenvalue weighted by Gasteiger charge is 2.25. The van der Waals surface area contributed by atoms with Crippen molar-refractivity contribution in [2.24, 2.45) is 10.7 Å². The Morgan fingerprint density at radius 2 is 1.62 bits per heavy atom. The molecule has 0 aliphatic carbocycles. The fourth-order valence-electron chi connectivity index (χ4n) is 3.37. The van der Waals surface area contributed by atoms with Gasteiger partial charge in [-0.2, -0.15) is 0 Å². The predicted molar refractivity (Wildman–Crippen MR) is 123 cm³/mol. The van der Waals surface area contributed by atoms with Gasteiger partial charge in [0, 0.05) is 11.6 Å². The normalized spacial score (nSPS) is 12.1. The van der Waals surface area contributed by atoms with E-state index in [1.54, 1.807) is 36.4 Å². The number of aromatic carboxylic acids is 1. The highest BCUT2D eigenvalue weighted by Crippen LogP contribution is 2.31. The second kappa shape index (κ2) is 8.56. The van der Waals surface area contributed by atoms with E-state index < -0.39 is 16.0 Å². The van der Waals surface area contributed by atoms with Crippen molar-refractivity contribution in [1.29, 1.82) is 0 Å². The maximum Gasteiger partial charge on any atom is 0.337 e. The van der Waals surface area contributed by atoms with Crippen LogP contribution in [0.1, 0.15) is 15.9 Å². The van der Waals surface area contributed by atoms with E-state index in [1.807, 2.05) is 30.3 Å². The molecule has 1 heterocycles. The minimum atomic E-state index is -4.01. The van der Waals surface area contributed by atoms with E-state index in [9.17, 15) is 18.3 Å². The van der Waals surface area contributed by atoms with Crippen LogP contribution in [0.3, 0.4) is 0 Å². The zero-order valence-corrected chi connectivity index (χ0v) is 17.7. The number of anilines is 1. The Hall–Kier alpha value is -4.11. The lowest BCUT2D eigenvalue weighted by Gasteiger charge is -2.10. The van der Waals surface area contributed by atoms with Gasteiger partial charge in [-0.15, -0.1) is 0 Å². The molecule has 0 fully saturated rings. The molecule has 0 unspecified atom stereocenters. The van der Waals surface area contributed by atoms with Crippen LogP contribution in [0.25, 0.3) is 10.9 Å². The van der Waals surface area contributed by atoms with Gasteiger partial charge in [0.25, 0.3) is 10.0 Å². The molecule has 3 aromatic carbocycles. The van der Waals surface area contributed by atoms with Crippen LogP contribution in [0.15, 0.2) is 94.9 Å². The monoisotopic (exact) mass is 448 g/mol. The molecule has 1 aromatic heterocycles. The van der Waals surface area contributed by atoms with Crippen molar-refractivity contribution in [2.45, 2.75) is 11.4 Å². The topological polar surface area (TPSA) is 127 Å². The standard InChI is InChI=1S/C23H20N4O4S/c24-23(25-14-16-8-3-1-4-9-16)26-19-12-7-13-20-21(19)18(22(28)29)15-27(20)32(30,31)17-10-5-2-6-11-17/h1-13,15H,14H2,(H,28,29)(H3,24,25,26). The predicted octanol–water partition coefficient (Wildman–Crippen LogP) is 3.50. The number of benzene rings is 3. The lowest BCUT2D eigenvalue weighted by molar-refractivity contribution is 0.0699. The Balaban J connectivity index is 1.78. The summed E-state index contributed by atoms with van der Waals surface area (Å²) in [5.41, 5.74) is 7.37. The lowest BCUT2D eigenvalue weighted by atomic mass is 10.1. The average Bonchev–Trinajstić information content (AvgIpc) is 3.21.